The van der Waals surface area contributed by atoms with Crippen molar-refractivity contribution < 1.29 is 4.79 Å². The monoisotopic (exact) mass is 334 g/mol. The van der Waals surface area contributed by atoms with E-state index in [2.05, 4.69) is 20.4 Å². The summed E-state index contributed by atoms with van der Waals surface area (Å²) in [7, 11) is 1.83. The van der Waals surface area contributed by atoms with Crippen LogP contribution in [0.5, 0.6) is 0 Å². The Bertz CT molecular complexity index is 947. The molecule has 0 bridgehead atoms. The van der Waals surface area contributed by atoms with Gasteiger partial charge in [0, 0.05) is 30.7 Å². The molecule has 0 saturated heterocycles. The fraction of sp³-hybridized carbons (Fsp3) is 0.222. The summed E-state index contributed by atoms with van der Waals surface area (Å²) >= 11 is 0. The van der Waals surface area contributed by atoms with Gasteiger partial charge in [-0.1, -0.05) is 18.2 Å². The highest BCUT2D eigenvalue weighted by atomic mass is 16.2. The largest absolute Gasteiger partial charge is 0.324 e. The number of hydrogen-bond acceptors (Lipinski definition) is 5. The van der Waals surface area contributed by atoms with E-state index in [0.29, 0.717) is 11.6 Å². The van der Waals surface area contributed by atoms with Gasteiger partial charge in [0.2, 0.25) is 5.95 Å². The Morgan fingerprint density at radius 2 is 1.88 bits per heavy atom. The SMILES string of the molecule is Cn1cc(N2C(=O)c3nc(Nc4ccccc4)ncc3C2(C)C)cn1. The average molecular weight is 334 g/mol. The molecular formula is C18H18N6O. The number of hydrogen-bond donors (Lipinski definition) is 1. The van der Waals surface area contributed by atoms with Crippen LogP contribution in [0.15, 0.2) is 48.9 Å². The van der Waals surface area contributed by atoms with Crippen LogP contribution < -0.4 is 10.2 Å². The zero-order chi connectivity index (χ0) is 17.6. The predicted molar refractivity (Wildman–Crippen MR) is 94.8 cm³/mol. The van der Waals surface area contributed by atoms with E-state index in [0.717, 1.165) is 16.9 Å². The summed E-state index contributed by atoms with van der Waals surface area (Å²) in [4.78, 5) is 23.6. The lowest BCUT2D eigenvalue weighted by atomic mass is 9.97. The molecule has 2 aromatic heterocycles. The third-order valence-electron chi connectivity index (χ3n) is 4.39. The molecule has 3 heterocycles. The zero-order valence-electron chi connectivity index (χ0n) is 14.3. The van der Waals surface area contributed by atoms with Crippen LogP contribution in [-0.4, -0.2) is 25.7 Å². The normalized spacial score (nSPS) is 15.3. The van der Waals surface area contributed by atoms with Crippen molar-refractivity contribution in [3.8, 4) is 0 Å². The molecule has 1 aliphatic heterocycles. The molecule has 0 atom stereocenters. The summed E-state index contributed by atoms with van der Waals surface area (Å²) in [5.41, 5.74) is 2.30. The van der Waals surface area contributed by atoms with Crippen molar-refractivity contribution in [2.75, 3.05) is 10.2 Å². The second-order valence-corrected chi connectivity index (χ2v) is 6.52. The molecule has 3 aromatic rings. The molecule has 0 spiro atoms. The van der Waals surface area contributed by atoms with Crippen molar-refractivity contribution in [2.24, 2.45) is 7.05 Å². The molecule has 0 radical (unpaired) electrons. The number of carbonyl (C=O) groups is 1. The van der Waals surface area contributed by atoms with Crippen LogP contribution in [-0.2, 0) is 12.6 Å². The van der Waals surface area contributed by atoms with Gasteiger partial charge in [0.15, 0.2) is 0 Å². The van der Waals surface area contributed by atoms with E-state index in [9.17, 15) is 4.79 Å². The summed E-state index contributed by atoms with van der Waals surface area (Å²) in [6.45, 7) is 3.97. The Morgan fingerprint density at radius 1 is 1.12 bits per heavy atom. The van der Waals surface area contributed by atoms with Crippen LogP contribution in [0, 0.1) is 0 Å². The van der Waals surface area contributed by atoms with Crippen molar-refractivity contribution in [1.29, 1.82) is 0 Å². The van der Waals surface area contributed by atoms with Crippen LogP contribution >= 0.6 is 0 Å². The number of para-hydroxylation sites is 1. The Hall–Kier alpha value is -3.22. The van der Waals surface area contributed by atoms with Crippen molar-refractivity contribution in [3.05, 3.63) is 60.2 Å². The predicted octanol–water partition coefficient (Wildman–Crippen LogP) is 2.85. The lowest BCUT2D eigenvalue weighted by Gasteiger charge is -2.30. The maximum atomic E-state index is 13.0. The third kappa shape index (κ3) is 2.44. The third-order valence-corrected chi connectivity index (χ3v) is 4.39. The van der Waals surface area contributed by atoms with Crippen LogP contribution in [0.25, 0.3) is 0 Å². The molecule has 1 N–H and O–H groups in total. The molecule has 4 rings (SSSR count). The molecule has 7 heteroatoms. The van der Waals surface area contributed by atoms with Crippen molar-refractivity contribution in [1.82, 2.24) is 19.7 Å². The fourth-order valence-corrected chi connectivity index (χ4v) is 3.15. The minimum absolute atomic E-state index is 0.147. The fourth-order valence-electron chi connectivity index (χ4n) is 3.15. The van der Waals surface area contributed by atoms with E-state index in [1.165, 1.54) is 0 Å². The smallest absolute Gasteiger partial charge is 0.278 e. The second-order valence-electron chi connectivity index (χ2n) is 6.52. The highest BCUT2D eigenvalue weighted by Crippen LogP contribution is 2.40. The quantitative estimate of drug-likeness (QED) is 0.797. The lowest BCUT2D eigenvalue weighted by molar-refractivity contribution is 0.0978. The van der Waals surface area contributed by atoms with Crippen molar-refractivity contribution in [3.63, 3.8) is 0 Å². The van der Waals surface area contributed by atoms with Gasteiger partial charge >= 0.3 is 0 Å². The first-order chi connectivity index (χ1) is 12.0. The Labute approximate surface area is 145 Å². The van der Waals surface area contributed by atoms with Crippen LogP contribution in [0.3, 0.4) is 0 Å². The van der Waals surface area contributed by atoms with E-state index in [-0.39, 0.29) is 5.91 Å². The van der Waals surface area contributed by atoms with E-state index >= 15 is 0 Å². The molecule has 126 valence electrons. The van der Waals surface area contributed by atoms with Gasteiger partial charge in [0.1, 0.15) is 5.69 Å². The molecule has 0 aliphatic carbocycles. The molecule has 0 unspecified atom stereocenters. The number of aromatic nitrogens is 4. The number of carbonyl (C=O) groups excluding carboxylic acids is 1. The molecule has 25 heavy (non-hydrogen) atoms. The molecule has 1 aliphatic rings. The minimum Gasteiger partial charge on any atom is -0.324 e. The number of rotatable bonds is 3. The van der Waals surface area contributed by atoms with Gasteiger partial charge in [-0.2, -0.15) is 5.10 Å². The highest BCUT2D eigenvalue weighted by Gasteiger charge is 2.46. The number of aryl methyl sites for hydroxylation is 1. The Morgan fingerprint density at radius 3 is 2.56 bits per heavy atom. The van der Waals surface area contributed by atoms with Gasteiger partial charge in [-0.25, -0.2) is 9.97 Å². The molecule has 7 nitrogen and oxygen atoms in total. The zero-order valence-corrected chi connectivity index (χ0v) is 14.3. The van der Waals surface area contributed by atoms with E-state index in [1.807, 2.05) is 57.4 Å². The minimum atomic E-state index is -0.541. The maximum Gasteiger partial charge on any atom is 0.278 e. The number of fused-ring (bicyclic) bond motifs is 1. The maximum absolute atomic E-state index is 13.0. The first-order valence-corrected chi connectivity index (χ1v) is 7.99. The number of nitrogens with one attached hydrogen (secondary N) is 1. The van der Waals surface area contributed by atoms with Gasteiger partial charge < -0.3 is 5.32 Å². The summed E-state index contributed by atoms with van der Waals surface area (Å²) in [5, 5.41) is 7.30. The number of nitrogens with zero attached hydrogens (tertiary/aromatic N) is 5. The van der Waals surface area contributed by atoms with E-state index in [1.54, 1.807) is 22.0 Å². The molecule has 1 amide bonds. The molecule has 1 aromatic carbocycles. The number of anilines is 3. The Kier molecular flexibility index (Phi) is 3.31. The average Bonchev–Trinajstić information content (AvgIpc) is 3.08. The number of benzene rings is 1. The van der Waals surface area contributed by atoms with Gasteiger partial charge in [0.25, 0.3) is 5.91 Å². The van der Waals surface area contributed by atoms with Gasteiger partial charge in [-0.05, 0) is 26.0 Å². The van der Waals surface area contributed by atoms with Gasteiger partial charge in [-0.3, -0.25) is 14.4 Å². The van der Waals surface area contributed by atoms with Gasteiger partial charge in [0.05, 0.1) is 17.4 Å². The Balaban J connectivity index is 1.72. The summed E-state index contributed by atoms with van der Waals surface area (Å²) in [5.74, 6) is 0.258. The first kappa shape index (κ1) is 15.3. The second kappa shape index (κ2) is 5.41. The van der Waals surface area contributed by atoms with Crippen molar-refractivity contribution in [2.45, 2.75) is 19.4 Å². The van der Waals surface area contributed by atoms with Gasteiger partial charge in [-0.15, -0.1) is 0 Å². The summed E-state index contributed by atoms with van der Waals surface area (Å²) in [6.07, 6.45) is 5.23. The number of amides is 1. The molecule has 0 fully saturated rings. The standard InChI is InChI=1S/C18H18N6O/c1-18(2)14-10-19-17(21-12-7-5-4-6-8-12)22-15(14)16(25)24(18)13-9-20-23(3)11-13/h4-11H,1-3H3,(H,19,21,22). The van der Waals surface area contributed by atoms with Crippen LogP contribution in [0.2, 0.25) is 0 Å². The summed E-state index contributed by atoms with van der Waals surface area (Å²) in [6, 6.07) is 9.63. The van der Waals surface area contributed by atoms with Crippen molar-refractivity contribution >= 4 is 23.2 Å². The molecule has 0 saturated carbocycles. The van der Waals surface area contributed by atoms with E-state index < -0.39 is 5.54 Å². The first-order valence-electron chi connectivity index (χ1n) is 7.99. The lowest BCUT2D eigenvalue weighted by Crippen LogP contribution is -2.39. The van der Waals surface area contributed by atoms with E-state index in [4.69, 9.17) is 0 Å². The topological polar surface area (TPSA) is 75.9 Å². The molecular weight excluding hydrogens is 316 g/mol. The highest BCUT2D eigenvalue weighted by molar-refractivity contribution is 6.10. The van der Waals surface area contributed by atoms with Crippen LogP contribution in [0.1, 0.15) is 29.9 Å². The van der Waals surface area contributed by atoms with Crippen LogP contribution in [0.4, 0.5) is 17.3 Å². The summed E-state index contributed by atoms with van der Waals surface area (Å²) < 4.78 is 1.68.